The van der Waals surface area contributed by atoms with E-state index < -0.39 is 0 Å². The van der Waals surface area contributed by atoms with E-state index in [1.165, 1.54) is 12.0 Å². The average Bonchev–Trinajstić information content (AvgIpc) is 3.16. The van der Waals surface area contributed by atoms with E-state index in [4.69, 9.17) is 0 Å². The highest BCUT2D eigenvalue weighted by Crippen LogP contribution is 2.27. The van der Waals surface area contributed by atoms with E-state index in [9.17, 15) is 4.79 Å². The highest BCUT2D eigenvalue weighted by atomic mass is 32.1. The van der Waals surface area contributed by atoms with Gasteiger partial charge in [0.1, 0.15) is 10.7 Å². The highest BCUT2D eigenvalue weighted by molar-refractivity contribution is 7.13. The zero-order valence-corrected chi connectivity index (χ0v) is 16.8. The number of benzene rings is 1. The third-order valence-electron chi connectivity index (χ3n) is 5.25. The summed E-state index contributed by atoms with van der Waals surface area (Å²) in [6.45, 7) is 7.14. The Morgan fingerprint density at radius 1 is 1.27 bits per heavy atom. The molecule has 3 rings (SSSR count). The summed E-state index contributed by atoms with van der Waals surface area (Å²) < 4.78 is 0. The molecule has 0 bridgehead atoms. The van der Waals surface area contributed by atoms with E-state index in [2.05, 4.69) is 48.4 Å². The minimum atomic E-state index is 0.0818. The number of aromatic nitrogens is 1. The number of amides is 1. The van der Waals surface area contributed by atoms with E-state index in [-0.39, 0.29) is 5.91 Å². The fraction of sp³-hybridized carbons (Fsp3) is 0.524. The maximum absolute atomic E-state index is 12.8. The molecule has 0 spiro atoms. The number of carbonyl (C=O) groups excluding carboxylic acids is 1. The molecule has 1 saturated heterocycles. The topological polar surface area (TPSA) is 45.2 Å². The molecule has 0 unspecified atom stereocenters. The van der Waals surface area contributed by atoms with Crippen LogP contribution < -0.4 is 5.32 Å². The van der Waals surface area contributed by atoms with Gasteiger partial charge in [-0.2, -0.15) is 0 Å². The van der Waals surface area contributed by atoms with Crippen molar-refractivity contribution >= 4 is 17.2 Å². The Balaban J connectivity index is 1.61. The number of rotatable bonds is 6. The van der Waals surface area contributed by atoms with Crippen LogP contribution in [0.15, 0.2) is 29.6 Å². The molecular weight excluding hydrogens is 342 g/mol. The maximum atomic E-state index is 12.8. The molecule has 0 atom stereocenters. The lowest BCUT2D eigenvalue weighted by Crippen LogP contribution is -2.39. The molecule has 4 nitrogen and oxygen atoms in total. The Morgan fingerprint density at radius 2 is 1.96 bits per heavy atom. The van der Waals surface area contributed by atoms with Gasteiger partial charge in [0, 0.05) is 24.0 Å². The van der Waals surface area contributed by atoms with Crippen LogP contribution in [0.5, 0.6) is 0 Å². The number of hydrogen-bond acceptors (Lipinski definition) is 4. The van der Waals surface area contributed by atoms with Crippen LogP contribution in [0.25, 0.3) is 10.6 Å². The van der Waals surface area contributed by atoms with Crippen LogP contribution in [-0.2, 0) is 0 Å². The summed E-state index contributed by atoms with van der Waals surface area (Å²) in [6.07, 6.45) is 3.40. The van der Waals surface area contributed by atoms with Crippen molar-refractivity contribution in [2.75, 3.05) is 26.7 Å². The first kappa shape index (κ1) is 19.1. The van der Waals surface area contributed by atoms with Crippen molar-refractivity contribution in [3.63, 3.8) is 0 Å². The van der Waals surface area contributed by atoms with Crippen molar-refractivity contribution in [1.29, 1.82) is 0 Å². The number of piperidine rings is 1. The molecule has 1 aliphatic heterocycles. The van der Waals surface area contributed by atoms with Gasteiger partial charge in [0.15, 0.2) is 0 Å². The molecule has 0 aliphatic carbocycles. The lowest BCUT2D eigenvalue weighted by molar-refractivity contribution is 0.0682. The van der Waals surface area contributed by atoms with Gasteiger partial charge in [-0.25, -0.2) is 4.98 Å². The summed E-state index contributed by atoms with van der Waals surface area (Å²) in [5.41, 5.74) is 3.00. The molecule has 1 aliphatic rings. The summed E-state index contributed by atoms with van der Waals surface area (Å²) >= 11 is 1.55. The largest absolute Gasteiger partial charge is 0.337 e. The van der Waals surface area contributed by atoms with Gasteiger partial charge in [-0.05, 0) is 50.3 Å². The van der Waals surface area contributed by atoms with Crippen LogP contribution >= 0.6 is 11.3 Å². The molecule has 140 valence electrons. The predicted molar refractivity (Wildman–Crippen MR) is 109 cm³/mol. The molecule has 26 heavy (non-hydrogen) atoms. The number of nitrogens with zero attached hydrogens (tertiary/aromatic N) is 2. The molecule has 0 saturated carbocycles. The maximum Gasteiger partial charge on any atom is 0.273 e. The zero-order valence-electron chi connectivity index (χ0n) is 16.0. The van der Waals surface area contributed by atoms with E-state index in [0.29, 0.717) is 11.6 Å². The number of thiazole rings is 1. The smallest absolute Gasteiger partial charge is 0.273 e. The van der Waals surface area contributed by atoms with Gasteiger partial charge in [-0.1, -0.05) is 38.1 Å². The van der Waals surface area contributed by atoms with Gasteiger partial charge >= 0.3 is 0 Å². The number of likely N-dealkylation sites (tertiary alicyclic amines) is 1. The van der Waals surface area contributed by atoms with E-state index in [1.54, 1.807) is 11.3 Å². The van der Waals surface area contributed by atoms with Crippen LogP contribution in [0, 0.1) is 5.92 Å². The van der Waals surface area contributed by atoms with Crippen molar-refractivity contribution in [3.05, 3.63) is 40.9 Å². The molecule has 1 N–H and O–H groups in total. The normalized spacial score (nSPS) is 15.6. The lowest BCUT2D eigenvalue weighted by Gasteiger charge is -2.31. The fourth-order valence-corrected chi connectivity index (χ4v) is 4.25. The standard InChI is InChI=1S/C21H29N3OS/c1-15(2)17-4-6-18(7-5-17)20-23-19(14-26-20)21(25)24-12-9-16(10-13-24)8-11-22-3/h4-7,14-16,22H,8-13H2,1-3H3. The Bertz CT molecular complexity index is 715. The molecule has 5 heteroatoms. The first-order valence-corrected chi connectivity index (χ1v) is 10.5. The SMILES string of the molecule is CNCCC1CCN(C(=O)c2csc(-c3ccc(C(C)C)cc3)n2)CC1. The molecule has 1 aromatic heterocycles. The number of hydrogen-bond donors (Lipinski definition) is 1. The second kappa shape index (κ2) is 8.78. The summed E-state index contributed by atoms with van der Waals surface area (Å²) in [4.78, 5) is 19.4. The van der Waals surface area contributed by atoms with Crippen LogP contribution in [0.1, 0.15) is 55.1 Å². The van der Waals surface area contributed by atoms with Gasteiger partial charge in [-0.3, -0.25) is 4.79 Å². The van der Waals surface area contributed by atoms with Crippen molar-refractivity contribution in [2.45, 2.75) is 39.0 Å². The van der Waals surface area contributed by atoms with E-state index in [0.717, 1.165) is 49.0 Å². The molecule has 1 amide bonds. The summed E-state index contributed by atoms with van der Waals surface area (Å²) in [7, 11) is 1.99. The van der Waals surface area contributed by atoms with Gasteiger partial charge in [-0.15, -0.1) is 11.3 Å². The van der Waals surface area contributed by atoms with Crippen molar-refractivity contribution in [3.8, 4) is 10.6 Å². The first-order chi connectivity index (χ1) is 12.6. The van der Waals surface area contributed by atoms with Crippen LogP contribution in [0.3, 0.4) is 0 Å². The van der Waals surface area contributed by atoms with E-state index >= 15 is 0 Å². The van der Waals surface area contributed by atoms with E-state index in [1.807, 2.05) is 17.3 Å². The Kier molecular flexibility index (Phi) is 6.43. The quantitative estimate of drug-likeness (QED) is 0.819. The Hall–Kier alpha value is -1.72. The number of carbonyl (C=O) groups is 1. The third kappa shape index (κ3) is 4.51. The van der Waals surface area contributed by atoms with Gasteiger partial charge in [0.25, 0.3) is 5.91 Å². The Morgan fingerprint density at radius 3 is 2.58 bits per heavy atom. The van der Waals surface area contributed by atoms with Gasteiger partial charge in [0.05, 0.1) is 0 Å². The van der Waals surface area contributed by atoms with Crippen LogP contribution in [0.2, 0.25) is 0 Å². The molecular formula is C21H29N3OS. The molecule has 1 aromatic carbocycles. The van der Waals surface area contributed by atoms with Crippen LogP contribution in [-0.4, -0.2) is 42.5 Å². The summed E-state index contributed by atoms with van der Waals surface area (Å²) in [5.74, 6) is 1.34. The monoisotopic (exact) mass is 371 g/mol. The third-order valence-corrected chi connectivity index (χ3v) is 6.14. The summed E-state index contributed by atoms with van der Waals surface area (Å²) in [6, 6.07) is 8.52. The van der Waals surface area contributed by atoms with Crippen molar-refractivity contribution in [1.82, 2.24) is 15.2 Å². The second-order valence-corrected chi connectivity index (χ2v) is 8.30. The highest BCUT2D eigenvalue weighted by Gasteiger charge is 2.25. The molecule has 1 fully saturated rings. The average molecular weight is 372 g/mol. The molecule has 2 heterocycles. The Labute approximate surface area is 160 Å². The first-order valence-electron chi connectivity index (χ1n) is 9.58. The lowest BCUT2D eigenvalue weighted by atomic mass is 9.93. The van der Waals surface area contributed by atoms with Crippen LogP contribution in [0.4, 0.5) is 0 Å². The second-order valence-electron chi connectivity index (χ2n) is 7.44. The minimum absolute atomic E-state index is 0.0818. The zero-order chi connectivity index (χ0) is 18.5. The molecule has 2 aromatic rings. The summed E-state index contributed by atoms with van der Waals surface area (Å²) in [5, 5.41) is 6.04. The van der Waals surface area contributed by atoms with Crippen molar-refractivity contribution in [2.24, 2.45) is 5.92 Å². The van der Waals surface area contributed by atoms with Gasteiger partial charge < -0.3 is 10.2 Å². The number of nitrogens with one attached hydrogen (secondary N) is 1. The minimum Gasteiger partial charge on any atom is -0.337 e. The predicted octanol–water partition coefficient (Wildman–Crippen LogP) is 4.40. The molecule has 0 radical (unpaired) electrons. The fourth-order valence-electron chi connectivity index (χ4n) is 3.45. The van der Waals surface area contributed by atoms with Gasteiger partial charge in [0.2, 0.25) is 0 Å². The van der Waals surface area contributed by atoms with Crippen molar-refractivity contribution < 1.29 is 4.79 Å².